The van der Waals surface area contributed by atoms with Crippen LogP contribution in [0, 0.1) is 20.8 Å². The van der Waals surface area contributed by atoms with Gasteiger partial charge in [0.15, 0.2) is 0 Å². The van der Waals surface area contributed by atoms with Crippen LogP contribution in [0.25, 0.3) is 28.0 Å². The van der Waals surface area contributed by atoms with E-state index in [4.69, 9.17) is 4.52 Å². The van der Waals surface area contributed by atoms with Crippen LogP contribution >= 0.6 is 0 Å². The highest BCUT2D eigenvalue weighted by molar-refractivity contribution is 5.78. The molecule has 0 aliphatic rings. The Kier molecular flexibility index (Phi) is 5.01. The van der Waals surface area contributed by atoms with Crippen LogP contribution in [0.5, 0.6) is 0 Å². The lowest BCUT2D eigenvalue weighted by molar-refractivity contribution is 0.370. The van der Waals surface area contributed by atoms with Gasteiger partial charge < -0.3 is 4.52 Å². The van der Waals surface area contributed by atoms with E-state index in [2.05, 4.69) is 10.1 Å². The predicted molar refractivity (Wildman–Crippen MR) is 127 cm³/mol. The molecule has 0 saturated carbocycles. The summed E-state index contributed by atoms with van der Waals surface area (Å²) < 4.78 is 8.17. The molecule has 0 bridgehead atoms. The first kappa shape index (κ1) is 20.6. The first-order valence-electron chi connectivity index (χ1n) is 10.6. The van der Waals surface area contributed by atoms with E-state index in [9.17, 15) is 9.59 Å². The van der Waals surface area contributed by atoms with Gasteiger partial charge in [0, 0.05) is 5.56 Å². The van der Waals surface area contributed by atoms with Gasteiger partial charge in [-0.1, -0.05) is 47.1 Å². The number of aryl methyl sites for hydroxylation is 3. The molecule has 0 unspecified atom stereocenters. The summed E-state index contributed by atoms with van der Waals surface area (Å²) in [5.41, 5.74) is 4.23. The van der Waals surface area contributed by atoms with Crippen molar-refractivity contribution in [2.75, 3.05) is 0 Å². The summed E-state index contributed by atoms with van der Waals surface area (Å²) in [4.78, 5) is 31.3. The minimum Gasteiger partial charge on any atom is -0.337 e. The monoisotopic (exact) mass is 438 g/mol. The van der Waals surface area contributed by atoms with Crippen LogP contribution in [0.2, 0.25) is 0 Å². The molecule has 164 valence electrons. The zero-order valence-corrected chi connectivity index (χ0v) is 18.6. The third-order valence-corrected chi connectivity index (χ3v) is 5.84. The fraction of sp³-hybridized carbons (Fsp3) is 0.154. The molecule has 2 aromatic heterocycles. The molecular formula is C26H22N4O3. The summed E-state index contributed by atoms with van der Waals surface area (Å²) >= 11 is 0. The molecule has 33 heavy (non-hydrogen) atoms. The Morgan fingerprint density at radius 1 is 0.879 bits per heavy atom. The Morgan fingerprint density at radius 2 is 1.70 bits per heavy atom. The SMILES string of the molecule is Cc1cccc(-c2noc(Cn3c(=O)n(-c4ccc(C)c(C)c4)c(=O)c4ccccc43)n2)c1. The Hall–Kier alpha value is -4.26. The highest BCUT2D eigenvalue weighted by Gasteiger charge is 2.17. The van der Waals surface area contributed by atoms with Crippen LogP contribution in [-0.4, -0.2) is 19.3 Å². The zero-order chi connectivity index (χ0) is 23.1. The number of aromatic nitrogens is 4. The van der Waals surface area contributed by atoms with Crippen LogP contribution in [0.3, 0.4) is 0 Å². The van der Waals surface area contributed by atoms with Crippen molar-refractivity contribution >= 4 is 10.9 Å². The average Bonchev–Trinajstić information content (AvgIpc) is 3.28. The molecule has 2 heterocycles. The third-order valence-electron chi connectivity index (χ3n) is 5.84. The van der Waals surface area contributed by atoms with Crippen molar-refractivity contribution < 1.29 is 4.52 Å². The second-order valence-corrected chi connectivity index (χ2v) is 8.18. The quantitative estimate of drug-likeness (QED) is 0.420. The largest absolute Gasteiger partial charge is 0.337 e. The van der Waals surface area contributed by atoms with Crippen LogP contribution in [0.4, 0.5) is 0 Å². The maximum Gasteiger partial charge on any atom is 0.336 e. The molecule has 7 nitrogen and oxygen atoms in total. The Labute approximate surface area is 189 Å². The maximum absolute atomic E-state index is 13.6. The highest BCUT2D eigenvalue weighted by atomic mass is 16.5. The van der Waals surface area contributed by atoms with E-state index in [-0.39, 0.29) is 18.0 Å². The van der Waals surface area contributed by atoms with Gasteiger partial charge in [-0.05, 0) is 62.2 Å². The lowest BCUT2D eigenvalue weighted by Gasteiger charge is -2.13. The Balaban J connectivity index is 1.67. The van der Waals surface area contributed by atoms with Gasteiger partial charge in [0.1, 0.15) is 6.54 Å². The standard InChI is InChI=1S/C26H22N4O3/c1-16-7-6-8-19(13-16)24-27-23(33-28-24)15-29-22-10-5-4-9-21(22)25(31)30(26(29)32)20-12-11-17(2)18(3)14-20/h4-14H,15H2,1-3H3. The summed E-state index contributed by atoms with van der Waals surface area (Å²) in [6.45, 7) is 5.98. The van der Waals surface area contributed by atoms with Crippen LogP contribution in [0.15, 0.2) is 80.8 Å². The van der Waals surface area contributed by atoms with E-state index in [1.165, 1.54) is 9.13 Å². The molecule has 5 rings (SSSR count). The van der Waals surface area contributed by atoms with Crippen molar-refractivity contribution in [1.82, 2.24) is 19.3 Å². The van der Waals surface area contributed by atoms with Gasteiger partial charge in [-0.25, -0.2) is 9.36 Å². The maximum atomic E-state index is 13.6. The van der Waals surface area contributed by atoms with E-state index < -0.39 is 5.69 Å². The van der Waals surface area contributed by atoms with Crippen molar-refractivity contribution in [3.05, 3.63) is 110 Å². The van der Waals surface area contributed by atoms with E-state index in [0.717, 1.165) is 22.3 Å². The Bertz CT molecular complexity index is 1630. The lowest BCUT2D eigenvalue weighted by atomic mass is 10.1. The number of fused-ring (bicyclic) bond motifs is 1. The minimum atomic E-state index is -0.461. The topological polar surface area (TPSA) is 82.9 Å². The Morgan fingerprint density at radius 3 is 2.48 bits per heavy atom. The number of hydrogen-bond acceptors (Lipinski definition) is 5. The number of hydrogen-bond donors (Lipinski definition) is 0. The van der Waals surface area contributed by atoms with Gasteiger partial charge in [0.25, 0.3) is 5.56 Å². The minimum absolute atomic E-state index is 0.0449. The number of benzene rings is 3. The number of nitrogens with zero attached hydrogens (tertiary/aromatic N) is 4. The van der Waals surface area contributed by atoms with Gasteiger partial charge in [0.05, 0.1) is 16.6 Å². The second kappa shape index (κ2) is 8.02. The fourth-order valence-electron chi connectivity index (χ4n) is 3.92. The van der Waals surface area contributed by atoms with E-state index in [1.807, 2.05) is 57.2 Å². The molecule has 5 aromatic rings. The van der Waals surface area contributed by atoms with Crippen molar-refractivity contribution in [3.63, 3.8) is 0 Å². The molecule has 7 heteroatoms. The molecule has 0 radical (unpaired) electrons. The third kappa shape index (κ3) is 3.67. The molecule has 0 atom stereocenters. The lowest BCUT2D eigenvalue weighted by Crippen LogP contribution is -2.39. The van der Waals surface area contributed by atoms with Gasteiger partial charge in [-0.15, -0.1) is 0 Å². The van der Waals surface area contributed by atoms with Crippen LogP contribution in [-0.2, 0) is 6.54 Å². The first-order valence-corrected chi connectivity index (χ1v) is 10.6. The van der Waals surface area contributed by atoms with Crippen molar-refractivity contribution in [1.29, 1.82) is 0 Å². The highest BCUT2D eigenvalue weighted by Crippen LogP contribution is 2.18. The molecule has 0 aliphatic carbocycles. The summed E-state index contributed by atoms with van der Waals surface area (Å²) in [5.74, 6) is 0.734. The normalized spacial score (nSPS) is 11.2. The van der Waals surface area contributed by atoms with E-state index in [1.54, 1.807) is 30.3 Å². The fourth-order valence-corrected chi connectivity index (χ4v) is 3.92. The van der Waals surface area contributed by atoms with Gasteiger partial charge in [-0.3, -0.25) is 9.36 Å². The van der Waals surface area contributed by atoms with Crippen molar-refractivity contribution in [2.45, 2.75) is 27.3 Å². The smallest absolute Gasteiger partial charge is 0.336 e. The molecule has 0 spiro atoms. The molecular weight excluding hydrogens is 416 g/mol. The number of rotatable bonds is 4. The summed E-state index contributed by atoms with van der Waals surface area (Å²) in [5, 5.41) is 4.52. The van der Waals surface area contributed by atoms with Gasteiger partial charge in [-0.2, -0.15) is 4.98 Å². The molecule has 0 amide bonds. The van der Waals surface area contributed by atoms with Crippen LogP contribution < -0.4 is 11.2 Å². The summed E-state index contributed by atoms with van der Waals surface area (Å²) in [6.07, 6.45) is 0. The molecule has 3 aromatic carbocycles. The van der Waals surface area contributed by atoms with Gasteiger partial charge >= 0.3 is 5.69 Å². The first-order chi connectivity index (χ1) is 15.9. The summed E-state index contributed by atoms with van der Waals surface area (Å²) in [7, 11) is 0. The molecule has 0 aliphatic heterocycles. The van der Waals surface area contributed by atoms with Gasteiger partial charge in [0.2, 0.25) is 11.7 Å². The summed E-state index contributed by atoms with van der Waals surface area (Å²) in [6, 6.07) is 20.4. The van der Waals surface area contributed by atoms with Crippen molar-refractivity contribution in [3.8, 4) is 17.1 Å². The number of para-hydroxylation sites is 1. The predicted octanol–water partition coefficient (Wildman–Crippen LogP) is 4.18. The van der Waals surface area contributed by atoms with Crippen molar-refractivity contribution in [2.24, 2.45) is 0 Å². The molecule has 0 fully saturated rings. The zero-order valence-electron chi connectivity index (χ0n) is 18.6. The average molecular weight is 438 g/mol. The van der Waals surface area contributed by atoms with E-state index in [0.29, 0.717) is 22.4 Å². The molecule has 0 N–H and O–H groups in total. The molecule has 0 saturated heterocycles. The van der Waals surface area contributed by atoms with Crippen LogP contribution in [0.1, 0.15) is 22.6 Å². The van der Waals surface area contributed by atoms with E-state index >= 15 is 0 Å². The second-order valence-electron chi connectivity index (χ2n) is 8.18.